The predicted molar refractivity (Wildman–Crippen MR) is 85.5 cm³/mol. The molecular weight excluding hydrogens is 354 g/mol. The van der Waals surface area contributed by atoms with Crippen molar-refractivity contribution in [2.75, 3.05) is 0 Å². The highest BCUT2D eigenvalue weighted by atomic mass is 79.9. The van der Waals surface area contributed by atoms with Crippen molar-refractivity contribution in [1.29, 1.82) is 0 Å². The van der Waals surface area contributed by atoms with E-state index in [9.17, 15) is 4.79 Å². The third-order valence-electron chi connectivity index (χ3n) is 3.00. The lowest BCUT2D eigenvalue weighted by Crippen LogP contribution is -2.22. The van der Waals surface area contributed by atoms with Gasteiger partial charge in [-0.2, -0.15) is 0 Å². The number of benzene rings is 1. The zero-order chi connectivity index (χ0) is 14.8. The number of nitrogens with zero attached hydrogens (tertiary/aromatic N) is 2. The van der Waals surface area contributed by atoms with Crippen LogP contribution in [0.1, 0.15) is 16.1 Å². The molecule has 0 spiro atoms. The Bertz CT molecular complexity index is 798. The van der Waals surface area contributed by atoms with Gasteiger partial charge < -0.3 is 9.72 Å². The quantitative estimate of drug-likeness (QED) is 0.770. The van der Waals surface area contributed by atoms with Crippen molar-refractivity contribution in [2.45, 2.75) is 6.54 Å². The number of rotatable bonds is 3. The van der Waals surface area contributed by atoms with Crippen LogP contribution in [0.5, 0.6) is 0 Å². The Labute approximate surface area is 134 Å². The second-order valence-electron chi connectivity index (χ2n) is 4.53. The van der Waals surface area contributed by atoms with E-state index in [1.165, 1.54) is 0 Å². The van der Waals surface area contributed by atoms with Crippen molar-refractivity contribution >= 4 is 39.1 Å². The Morgan fingerprint density at radius 3 is 2.71 bits per heavy atom. The first kappa shape index (κ1) is 14.1. The van der Waals surface area contributed by atoms with Crippen molar-refractivity contribution in [3.05, 3.63) is 69.5 Å². The van der Waals surface area contributed by atoms with Crippen LogP contribution in [0.4, 0.5) is 0 Å². The molecule has 106 valence electrons. The van der Waals surface area contributed by atoms with Gasteiger partial charge in [-0.15, -0.1) is 0 Å². The van der Waals surface area contributed by atoms with Gasteiger partial charge in [-0.1, -0.05) is 11.6 Å². The van der Waals surface area contributed by atoms with Crippen LogP contribution in [0.15, 0.2) is 53.3 Å². The van der Waals surface area contributed by atoms with E-state index in [1.54, 1.807) is 24.3 Å². The van der Waals surface area contributed by atoms with Gasteiger partial charge in [0.15, 0.2) is 0 Å². The van der Waals surface area contributed by atoms with Gasteiger partial charge >= 0.3 is 0 Å². The van der Waals surface area contributed by atoms with Gasteiger partial charge in [-0.3, -0.25) is 4.79 Å². The molecule has 0 aliphatic rings. The number of fused-ring (bicyclic) bond motifs is 1. The maximum atomic E-state index is 12.0. The van der Waals surface area contributed by atoms with Gasteiger partial charge in [-0.25, -0.2) is 4.98 Å². The second kappa shape index (κ2) is 5.87. The molecule has 3 aromatic rings. The number of hydrogen-bond donors (Lipinski definition) is 1. The van der Waals surface area contributed by atoms with Crippen LogP contribution >= 0.6 is 27.5 Å². The number of amides is 1. The van der Waals surface area contributed by atoms with Gasteiger partial charge in [0.05, 0.1) is 12.2 Å². The molecule has 1 aromatic carbocycles. The number of hydrogen-bond acceptors (Lipinski definition) is 2. The Hall–Kier alpha value is -1.85. The highest BCUT2D eigenvalue weighted by molar-refractivity contribution is 9.10. The Morgan fingerprint density at radius 1 is 1.19 bits per heavy atom. The molecule has 0 saturated heterocycles. The molecule has 0 bridgehead atoms. The topological polar surface area (TPSA) is 46.4 Å². The van der Waals surface area contributed by atoms with Gasteiger partial charge in [-0.05, 0) is 52.3 Å². The van der Waals surface area contributed by atoms with Crippen molar-refractivity contribution in [3.63, 3.8) is 0 Å². The van der Waals surface area contributed by atoms with Gasteiger partial charge in [0.2, 0.25) is 0 Å². The standard InChI is InChI=1S/C15H11BrClN3O/c16-11-3-6-14-19-13(9-20(14)8-11)7-18-15(21)10-1-4-12(17)5-2-10/h1-6,8-9H,7H2,(H,18,21). The third-order valence-corrected chi connectivity index (χ3v) is 3.72. The molecule has 0 saturated carbocycles. The van der Waals surface area contributed by atoms with Gasteiger partial charge in [0, 0.05) is 27.5 Å². The molecule has 0 radical (unpaired) electrons. The summed E-state index contributed by atoms with van der Waals surface area (Å²) in [5.41, 5.74) is 2.22. The molecule has 0 fully saturated rings. The molecule has 3 rings (SSSR count). The summed E-state index contributed by atoms with van der Waals surface area (Å²) in [5.74, 6) is -0.148. The molecule has 6 heteroatoms. The number of imidazole rings is 1. The van der Waals surface area contributed by atoms with Crippen LogP contribution in [-0.2, 0) is 6.54 Å². The molecular formula is C15H11BrClN3O. The van der Waals surface area contributed by atoms with E-state index in [0.29, 0.717) is 17.1 Å². The minimum atomic E-state index is -0.148. The van der Waals surface area contributed by atoms with E-state index < -0.39 is 0 Å². The largest absolute Gasteiger partial charge is 0.346 e. The lowest BCUT2D eigenvalue weighted by Gasteiger charge is -2.03. The molecule has 0 unspecified atom stereocenters. The number of pyridine rings is 1. The van der Waals surface area contributed by atoms with E-state index in [2.05, 4.69) is 26.2 Å². The van der Waals surface area contributed by atoms with Crippen LogP contribution in [0.2, 0.25) is 5.02 Å². The summed E-state index contributed by atoms with van der Waals surface area (Å²) >= 11 is 9.21. The number of nitrogens with one attached hydrogen (secondary N) is 1. The molecule has 4 nitrogen and oxygen atoms in total. The Morgan fingerprint density at radius 2 is 1.95 bits per heavy atom. The maximum Gasteiger partial charge on any atom is 0.251 e. The first-order valence-electron chi connectivity index (χ1n) is 6.29. The molecule has 2 heterocycles. The highest BCUT2D eigenvalue weighted by Crippen LogP contribution is 2.13. The molecule has 0 aliphatic carbocycles. The fourth-order valence-corrected chi connectivity index (χ4v) is 2.46. The fourth-order valence-electron chi connectivity index (χ4n) is 1.98. The minimum absolute atomic E-state index is 0.148. The van der Waals surface area contributed by atoms with E-state index in [1.807, 2.05) is 28.9 Å². The number of carbonyl (C=O) groups excluding carboxylic acids is 1. The number of halogens is 2. The van der Waals surface area contributed by atoms with Crippen LogP contribution in [0, 0.1) is 0 Å². The summed E-state index contributed by atoms with van der Waals surface area (Å²) in [4.78, 5) is 16.4. The average molecular weight is 365 g/mol. The first-order chi connectivity index (χ1) is 10.1. The monoisotopic (exact) mass is 363 g/mol. The SMILES string of the molecule is O=C(NCc1cn2cc(Br)ccc2n1)c1ccc(Cl)cc1. The van der Waals surface area contributed by atoms with Crippen molar-refractivity contribution in [1.82, 2.24) is 14.7 Å². The van der Waals surface area contributed by atoms with Crippen LogP contribution in [0.25, 0.3) is 5.65 Å². The van der Waals surface area contributed by atoms with E-state index in [-0.39, 0.29) is 5.91 Å². The lowest BCUT2D eigenvalue weighted by molar-refractivity contribution is 0.0950. The summed E-state index contributed by atoms with van der Waals surface area (Å²) in [7, 11) is 0. The predicted octanol–water partition coefficient (Wildman–Crippen LogP) is 3.68. The minimum Gasteiger partial charge on any atom is -0.346 e. The normalized spacial score (nSPS) is 10.8. The summed E-state index contributed by atoms with van der Waals surface area (Å²) in [6.45, 7) is 0.376. The molecule has 2 aromatic heterocycles. The van der Waals surface area contributed by atoms with Crippen LogP contribution < -0.4 is 5.32 Å². The van der Waals surface area contributed by atoms with Crippen molar-refractivity contribution < 1.29 is 4.79 Å². The van der Waals surface area contributed by atoms with E-state index in [4.69, 9.17) is 11.6 Å². The fraction of sp³-hybridized carbons (Fsp3) is 0.0667. The lowest BCUT2D eigenvalue weighted by atomic mass is 10.2. The zero-order valence-corrected chi connectivity index (χ0v) is 13.2. The molecule has 1 amide bonds. The molecule has 21 heavy (non-hydrogen) atoms. The number of carbonyl (C=O) groups is 1. The maximum absolute atomic E-state index is 12.0. The smallest absolute Gasteiger partial charge is 0.251 e. The number of aromatic nitrogens is 2. The summed E-state index contributed by atoms with van der Waals surface area (Å²) in [6, 6.07) is 10.6. The second-order valence-corrected chi connectivity index (χ2v) is 5.89. The first-order valence-corrected chi connectivity index (χ1v) is 7.46. The third kappa shape index (κ3) is 3.25. The van der Waals surface area contributed by atoms with E-state index in [0.717, 1.165) is 15.8 Å². The molecule has 0 aliphatic heterocycles. The Kier molecular flexibility index (Phi) is 3.94. The van der Waals surface area contributed by atoms with E-state index >= 15 is 0 Å². The summed E-state index contributed by atoms with van der Waals surface area (Å²) < 4.78 is 2.89. The molecule has 1 N–H and O–H groups in total. The molecule has 0 atom stereocenters. The zero-order valence-electron chi connectivity index (χ0n) is 10.9. The highest BCUT2D eigenvalue weighted by Gasteiger charge is 2.07. The van der Waals surface area contributed by atoms with Crippen molar-refractivity contribution in [3.8, 4) is 0 Å². The van der Waals surface area contributed by atoms with Gasteiger partial charge in [0.1, 0.15) is 5.65 Å². The van der Waals surface area contributed by atoms with Crippen LogP contribution in [0.3, 0.4) is 0 Å². The Balaban J connectivity index is 1.71. The summed E-state index contributed by atoms with van der Waals surface area (Å²) in [5, 5.41) is 3.45. The van der Waals surface area contributed by atoms with Crippen LogP contribution in [-0.4, -0.2) is 15.3 Å². The average Bonchev–Trinajstić information content (AvgIpc) is 2.87. The van der Waals surface area contributed by atoms with Gasteiger partial charge in [0.25, 0.3) is 5.91 Å². The van der Waals surface area contributed by atoms with Crippen molar-refractivity contribution in [2.24, 2.45) is 0 Å². The summed E-state index contributed by atoms with van der Waals surface area (Å²) in [6.07, 6.45) is 3.81.